The van der Waals surface area contributed by atoms with Crippen molar-refractivity contribution in [3.05, 3.63) is 31.4 Å². The molecule has 0 saturated carbocycles. The van der Waals surface area contributed by atoms with Crippen molar-refractivity contribution in [3.8, 4) is 0 Å². The molecule has 0 fully saturated rings. The van der Waals surface area contributed by atoms with Gasteiger partial charge < -0.3 is 4.57 Å². The predicted molar refractivity (Wildman–Crippen MR) is 47.5 cm³/mol. The number of rotatable bonds is 2. The van der Waals surface area contributed by atoms with Crippen LogP contribution in [0.4, 0.5) is 0 Å². The molecule has 0 spiro atoms. The fourth-order valence-corrected chi connectivity index (χ4v) is 0.632. The van der Waals surface area contributed by atoms with Gasteiger partial charge in [-0.2, -0.15) is 0 Å². The van der Waals surface area contributed by atoms with Gasteiger partial charge in [0.1, 0.15) is 0 Å². The molecule has 1 aromatic rings. The minimum absolute atomic E-state index is 0. The van der Waals surface area contributed by atoms with E-state index in [-0.39, 0.29) is 17.0 Å². The monoisotopic (exact) mass is 202 g/mol. The average Bonchev–Trinajstić information content (AvgIpc) is 2.37. The topological polar surface area (TPSA) is 17.8 Å². The van der Waals surface area contributed by atoms with Crippen molar-refractivity contribution in [1.29, 1.82) is 0 Å². The minimum Gasteiger partial charge on any atom is -0.331 e. The van der Waals surface area contributed by atoms with E-state index in [2.05, 4.69) is 18.5 Å². The lowest BCUT2D eigenvalue weighted by molar-refractivity contribution is 0.661. The van der Waals surface area contributed by atoms with E-state index >= 15 is 0 Å². The lowest BCUT2D eigenvalue weighted by Gasteiger charge is -2.04. The molecular formula is C7H11BrN2. The van der Waals surface area contributed by atoms with Gasteiger partial charge in [-0.1, -0.05) is 6.08 Å². The molecule has 10 heavy (non-hydrogen) atoms. The third-order valence-corrected chi connectivity index (χ3v) is 1.34. The number of hydrogen-bond acceptors (Lipinski definition) is 1. The molecule has 0 aliphatic carbocycles. The quantitative estimate of drug-likeness (QED) is 0.673. The Bertz CT molecular complexity index is 181. The van der Waals surface area contributed by atoms with Gasteiger partial charge in [0.15, 0.2) is 0 Å². The highest BCUT2D eigenvalue weighted by Gasteiger charge is 1.93. The van der Waals surface area contributed by atoms with E-state index in [0.717, 1.165) is 0 Å². The first kappa shape index (κ1) is 9.43. The molecule has 1 unspecified atom stereocenters. The summed E-state index contributed by atoms with van der Waals surface area (Å²) in [6.07, 6.45) is 7.35. The molecule has 0 radical (unpaired) electrons. The van der Waals surface area contributed by atoms with Gasteiger partial charge in [0.2, 0.25) is 0 Å². The third-order valence-electron chi connectivity index (χ3n) is 1.34. The summed E-state index contributed by atoms with van der Waals surface area (Å²) in [7, 11) is 0. The highest BCUT2D eigenvalue weighted by atomic mass is 79.9. The van der Waals surface area contributed by atoms with E-state index < -0.39 is 0 Å². The number of halogens is 1. The van der Waals surface area contributed by atoms with Gasteiger partial charge >= 0.3 is 0 Å². The van der Waals surface area contributed by atoms with Gasteiger partial charge in [-0.25, -0.2) is 4.98 Å². The van der Waals surface area contributed by atoms with Gasteiger partial charge in [-0.15, -0.1) is 23.6 Å². The summed E-state index contributed by atoms with van der Waals surface area (Å²) in [6.45, 7) is 5.73. The van der Waals surface area contributed by atoms with Crippen LogP contribution in [0.15, 0.2) is 31.4 Å². The number of nitrogens with zero attached hydrogens (tertiary/aromatic N) is 2. The van der Waals surface area contributed by atoms with Gasteiger partial charge in [0, 0.05) is 18.4 Å². The molecule has 1 aromatic heterocycles. The predicted octanol–water partition coefficient (Wildman–Crippen LogP) is 2.21. The van der Waals surface area contributed by atoms with Crippen molar-refractivity contribution >= 4 is 17.0 Å². The molecule has 1 rings (SSSR count). The fourth-order valence-electron chi connectivity index (χ4n) is 0.632. The van der Waals surface area contributed by atoms with E-state index in [1.807, 2.05) is 16.8 Å². The Hall–Kier alpha value is -0.570. The highest BCUT2D eigenvalue weighted by molar-refractivity contribution is 8.93. The van der Waals surface area contributed by atoms with E-state index in [0.29, 0.717) is 6.04 Å². The average molecular weight is 203 g/mol. The van der Waals surface area contributed by atoms with E-state index in [1.54, 1.807) is 12.5 Å². The minimum atomic E-state index is 0. The maximum atomic E-state index is 3.91. The molecule has 56 valence electrons. The smallest absolute Gasteiger partial charge is 0.0951 e. The third kappa shape index (κ3) is 1.99. The van der Waals surface area contributed by atoms with Crippen molar-refractivity contribution in [3.63, 3.8) is 0 Å². The first-order valence-electron chi connectivity index (χ1n) is 2.94. The molecule has 3 heteroatoms. The van der Waals surface area contributed by atoms with Crippen LogP contribution in [0.3, 0.4) is 0 Å². The normalized spacial score (nSPS) is 11.7. The van der Waals surface area contributed by atoms with Crippen LogP contribution in [0.1, 0.15) is 13.0 Å². The molecule has 0 saturated heterocycles. The molecule has 2 nitrogen and oxygen atoms in total. The van der Waals surface area contributed by atoms with Crippen molar-refractivity contribution in [2.24, 2.45) is 0 Å². The second kappa shape index (κ2) is 4.28. The van der Waals surface area contributed by atoms with Crippen LogP contribution in [0.25, 0.3) is 0 Å². The first-order valence-corrected chi connectivity index (χ1v) is 2.94. The van der Waals surface area contributed by atoms with Crippen LogP contribution < -0.4 is 0 Å². The Labute approximate surface area is 71.4 Å². The van der Waals surface area contributed by atoms with E-state index in [4.69, 9.17) is 0 Å². The van der Waals surface area contributed by atoms with Crippen molar-refractivity contribution < 1.29 is 0 Å². The zero-order valence-corrected chi connectivity index (χ0v) is 7.61. The summed E-state index contributed by atoms with van der Waals surface area (Å²) in [5, 5.41) is 0. The fraction of sp³-hybridized carbons (Fsp3) is 0.286. The highest BCUT2D eigenvalue weighted by Crippen LogP contribution is 2.03. The van der Waals surface area contributed by atoms with Crippen LogP contribution in [-0.2, 0) is 0 Å². The molecule has 1 heterocycles. The Morgan fingerprint density at radius 3 is 2.80 bits per heavy atom. The van der Waals surface area contributed by atoms with Crippen molar-refractivity contribution in [1.82, 2.24) is 9.55 Å². The Morgan fingerprint density at radius 1 is 1.70 bits per heavy atom. The van der Waals surface area contributed by atoms with Crippen molar-refractivity contribution in [2.45, 2.75) is 13.0 Å². The summed E-state index contributed by atoms with van der Waals surface area (Å²) < 4.78 is 1.99. The zero-order chi connectivity index (χ0) is 6.69. The maximum absolute atomic E-state index is 3.91. The first-order chi connectivity index (χ1) is 4.34. The Morgan fingerprint density at radius 2 is 2.40 bits per heavy atom. The number of aromatic nitrogens is 2. The summed E-state index contributed by atoms with van der Waals surface area (Å²) >= 11 is 0. The SMILES string of the molecule is Br.C=CC(C)n1ccnc1. The lowest BCUT2D eigenvalue weighted by Crippen LogP contribution is -1.96. The molecule has 0 amide bonds. The standard InChI is InChI=1S/C7H10N2.BrH/c1-3-7(2)9-5-4-8-6-9;/h3-7H,1H2,2H3;1H. The summed E-state index contributed by atoms with van der Waals surface area (Å²) in [5.41, 5.74) is 0. The largest absolute Gasteiger partial charge is 0.331 e. The molecule has 0 N–H and O–H groups in total. The van der Waals surface area contributed by atoms with Crippen molar-refractivity contribution in [2.75, 3.05) is 0 Å². The maximum Gasteiger partial charge on any atom is 0.0951 e. The number of imidazole rings is 1. The molecule has 0 aliphatic heterocycles. The summed E-state index contributed by atoms with van der Waals surface area (Å²) in [6, 6.07) is 0.354. The molecule has 0 aliphatic rings. The van der Waals surface area contributed by atoms with Crippen LogP contribution in [-0.4, -0.2) is 9.55 Å². The number of hydrogen-bond donors (Lipinski definition) is 0. The lowest BCUT2D eigenvalue weighted by atomic mass is 10.3. The molecule has 1 atom stereocenters. The summed E-state index contributed by atoms with van der Waals surface area (Å²) in [4.78, 5) is 3.91. The second-order valence-corrected chi connectivity index (χ2v) is 1.99. The van der Waals surface area contributed by atoms with Gasteiger partial charge in [-0.3, -0.25) is 0 Å². The second-order valence-electron chi connectivity index (χ2n) is 1.99. The van der Waals surface area contributed by atoms with Gasteiger partial charge in [0.05, 0.1) is 6.33 Å². The van der Waals surface area contributed by atoms with E-state index in [9.17, 15) is 0 Å². The van der Waals surface area contributed by atoms with Gasteiger partial charge in [-0.05, 0) is 6.92 Å². The molecule has 0 aromatic carbocycles. The van der Waals surface area contributed by atoms with Crippen LogP contribution in [0, 0.1) is 0 Å². The summed E-state index contributed by atoms with van der Waals surface area (Å²) in [5.74, 6) is 0. The number of allylic oxidation sites excluding steroid dienone is 1. The Balaban J connectivity index is 0.000000810. The molecule has 0 bridgehead atoms. The van der Waals surface area contributed by atoms with Crippen LogP contribution >= 0.6 is 17.0 Å². The zero-order valence-electron chi connectivity index (χ0n) is 5.90. The van der Waals surface area contributed by atoms with Crippen LogP contribution in [0.2, 0.25) is 0 Å². The van der Waals surface area contributed by atoms with Crippen LogP contribution in [0.5, 0.6) is 0 Å². The Kier molecular flexibility index (Phi) is 4.03. The van der Waals surface area contributed by atoms with Gasteiger partial charge in [0.25, 0.3) is 0 Å². The molecular weight excluding hydrogens is 192 g/mol. The van der Waals surface area contributed by atoms with E-state index in [1.165, 1.54) is 0 Å².